The molecule has 1 aliphatic carbocycles. The van der Waals surface area contributed by atoms with Gasteiger partial charge in [-0.2, -0.15) is 0 Å². The van der Waals surface area contributed by atoms with E-state index in [1.54, 1.807) is 0 Å². The highest BCUT2D eigenvalue weighted by atomic mass is 32.2. The van der Waals surface area contributed by atoms with E-state index in [4.69, 9.17) is 0 Å². The molecule has 110 valence electrons. The predicted octanol–water partition coefficient (Wildman–Crippen LogP) is 5.03. The molecule has 3 rings (SSSR count). The first-order chi connectivity index (χ1) is 9.75. The van der Waals surface area contributed by atoms with Gasteiger partial charge < -0.3 is 5.32 Å². The Labute approximate surface area is 127 Å². The third-order valence-corrected chi connectivity index (χ3v) is 6.17. The van der Waals surface area contributed by atoms with Crippen molar-refractivity contribution in [1.29, 1.82) is 0 Å². The van der Waals surface area contributed by atoms with Crippen molar-refractivity contribution in [3.05, 3.63) is 29.8 Å². The van der Waals surface area contributed by atoms with Crippen LogP contribution in [0.4, 0.5) is 0 Å². The first-order valence-electron chi connectivity index (χ1n) is 8.23. The number of hydrogen-bond donors (Lipinski definition) is 1. The van der Waals surface area contributed by atoms with E-state index in [0.717, 1.165) is 17.9 Å². The SMILES string of the molecule is CC(C)C1CCCCC1NC1CCSc2ccccc21. The summed E-state index contributed by atoms with van der Waals surface area (Å²) in [7, 11) is 0. The molecule has 3 atom stereocenters. The Balaban J connectivity index is 1.74. The molecule has 2 heteroatoms. The Morgan fingerprint density at radius 3 is 2.75 bits per heavy atom. The lowest BCUT2D eigenvalue weighted by Crippen LogP contribution is -2.43. The van der Waals surface area contributed by atoms with Gasteiger partial charge in [-0.15, -0.1) is 11.8 Å². The zero-order valence-electron chi connectivity index (χ0n) is 12.8. The zero-order valence-corrected chi connectivity index (χ0v) is 13.6. The number of hydrogen-bond acceptors (Lipinski definition) is 2. The zero-order chi connectivity index (χ0) is 13.9. The molecule has 0 aromatic heterocycles. The van der Waals surface area contributed by atoms with Gasteiger partial charge in [0.05, 0.1) is 0 Å². The van der Waals surface area contributed by atoms with Gasteiger partial charge in [0.1, 0.15) is 0 Å². The molecule has 1 aromatic rings. The summed E-state index contributed by atoms with van der Waals surface area (Å²) in [5.74, 6) is 2.93. The van der Waals surface area contributed by atoms with Crippen molar-refractivity contribution in [3.8, 4) is 0 Å². The molecule has 0 radical (unpaired) electrons. The molecule has 1 saturated carbocycles. The summed E-state index contributed by atoms with van der Waals surface area (Å²) >= 11 is 2.02. The second-order valence-electron chi connectivity index (χ2n) is 6.69. The summed E-state index contributed by atoms with van der Waals surface area (Å²) in [5.41, 5.74) is 1.54. The topological polar surface area (TPSA) is 12.0 Å². The lowest BCUT2D eigenvalue weighted by Gasteiger charge is -2.39. The highest BCUT2D eigenvalue weighted by Crippen LogP contribution is 2.38. The van der Waals surface area contributed by atoms with Crippen LogP contribution in [-0.2, 0) is 0 Å². The highest BCUT2D eigenvalue weighted by Gasteiger charge is 2.30. The summed E-state index contributed by atoms with van der Waals surface area (Å²) in [5, 5.41) is 4.03. The van der Waals surface area contributed by atoms with Crippen molar-refractivity contribution in [2.24, 2.45) is 11.8 Å². The third kappa shape index (κ3) is 3.07. The fourth-order valence-electron chi connectivity index (χ4n) is 3.94. The molecule has 0 bridgehead atoms. The van der Waals surface area contributed by atoms with Gasteiger partial charge in [0.15, 0.2) is 0 Å². The van der Waals surface area contributed by atoms with Crippen molar-refractivity contribution >= 4 is 11.8 Å². The molecule has 0 amide bonds. The summed E-state index contributed by atoms with van der Waals surface area (Å²) in [6, 6.07) is 10.3. The van der Waals surface area contributed by atoms with E-state index in [1.165, 1.54) is 48.3 Å². The fourth-order valence-corrected chi connectivity index (χ4v) is 5.06. The molecular formula is C18H27NS. The Kier molecular flexibility index (Phi) is 4.72. The van der Waals surface area contributed by atoms with Crippen molar-refractivity contribution < 1.29 is 0 Å². The van der Waals surface area contributed by atoms with Crippen molar-refractivity contribution in [2.45, 2.75) is 62.9 Å². The van der Waals surface area contributed by atoms with E-state index in [2.05, 4.69) is 43.4 Å². The molecule has 1 nitrogen and oxygen atoms in total. The third-order valence-electron chi connectivity index (χ3n) is 5.05. The van der Waals surface area contributed by atoms with Crippen LogP contribution < -0.4 is 5.32 Å². The lowest BCUT2D eigenvalue weighted by molar-refractivity contribution is 0.190. The van der Waals surface area contributed by atoms with Crippen molar-refractivity contribution in [2.75, 3.05) is 5.75 Å². The average molecular weight is 289 g/mol. The van der Waals surface area contributed by atoms with Gasteiger partial charge in [-0.1, -0.05) is 44.9 Å². The van der Waals surface area contributed by atoms with Crippen LogP contribution in [0.25, 0.3) is 0 Å². The predicted molar refractivity (Wildman–Crippen MR) is 88.2 cm³/mol. The van der Waals surface area contributed by atoms with E-state index in [1.807, 2.05) is 11.8 Å². The quantitative estimate of drug-likeness (QED) is 0.837. The summed E-state index contributed by atoms with van der Waals surface area (Å²) in [6.45, 7) is 4.80. The Hall–Kier alpha value is -0.470. The van der Waals surface area contributed by atoms with Gasteiger partial charge in [0, 0.05) is 17.0 Å². The monoisotopic (exact) mass is 289 g/mol. The number of fused-ring (bicyclic) bond motifs is 1. The standard InChI is InChI=1S/C18H27NS/c1-13(2)14-7-3-5-9-16(14)19-17-11-12-20-18-10-6-4-8-15(17)18/h4,6,8,10,13-14,16-17,19H,3,5,7,9,11-12H2,1-2H3. The Morgan fingerprint density at radius 1 is 1.10 bits per heavy atom. The smallest absolute Gasteiger partial charge is 0.0341 e. The van der Waals surface area contributed by atoms with Crippen LogP contribution in [0.3, 0.4) is 0 Å². The van der Waals surface area contributed by atoms with Gasteiger partial charge in [-0.25, -0.2) is 0 Å². The van der Waals surface area contributed by atoms with Gasteiger partial charge in [0.2, 0.25) is 0 Å². The van der Waals surface area contributed by atoms with Crippen molar-refractivity contribution in [1.82, 2.24) is 5.32 Å². The number of rotatable bonds is 3. The minimum atomic E-state index is 0.580. The van der Waals surface area contributed by atoms with Crippen LogP contribution in [0.15, 0.2) is 29.2 Å². The van der Waals surface area contributed by atoms with Crippen LogP contribution in [0.2, 0.25) is 0 Å². The Bertz CT molecular complexity index is 443. The minimum absolute atomic E-state index is 0.580. The van der Waals surface area contributed by atoms with Crippen molar-refractivity contribution in [3.63, 3.8) is 0 Å². The minimum Gasteiger partial charge on any atom is -0.307 e. The summed E-state index contributed by atoms with van der Waals surface area (Å²) in [6.07, 6.45) is 6.90. The average Bonchev–Trinajstić information content (AvgIpc) is 2.48. The fraction of sp³-hybridized carbons (Fsp3) is 0.667. The molecule has 1 aromatic carbocycles. The first-order valence-corrected chi connectivity index (χ1v) is 9.22. The first kappa shape index (κ1) is 14.5. The van der Waals surface area contributed by atoms with Gasteiger partial charge >= 0.3 is 0 Å². The maximum atomic E-state index is 4.03. The molecule has 1 N–H and O–H groups in total. The summed E-state index contributed by atoms with van der Waals surface area (Å²) in [4.78, 5) is 1.49. The molecule has 1 heterocycles. The molecule has 20 heavy (non-hydrogen) atoms. The second kappa shape index (κ2) is 6.53. The number of thioether (sulfide) groups is 1. The van der Waals surface area contributed by atoms with Crippen LogP contribution in [0.1, 0.15) is 57.6 Å². The molecule has 0 saturated heterocycles. The van der Waals surface area contributed by atoms with Gasteiger partial charge in [0.25, 0.3) is 0 Å². The van der Waals surface area contributed by atoms with Crippen LogP contribution in [0.5, 0.6) is 0 Å². The van der Waals surface area contributed by atoms with Crippen LogP contribution >= 0.6 is 11.8 Å². The summed E-state index contributed by atoms with van der Waals surface area (Å²) < 4.78 is 0. The molecular weight excluding hydrogens is 262 g/mol. The Morgan fingerprint density at radius 2 is 1.90 bits per heavy atom. The molecule has 1 aliphatic heterocycles. The highest BCUT2D eigenvalue weighted by molar-refractivity contribution is 7.99. The molecule has 3 unspecified atom stereocenters. The lowest BCUT2D eigenvalue weighted by atomic mass is 9.77. The number of benzene rings is 1. The van der Waals surface area contributed by atoms with E-state index < -0.39 is 0 Å². The van der Waals surface area contributed by atoms with Gasteiger partial charge in [-0.3, -0.25) is 0 Å². The molecule has 0 spiro atoms. The van der Waals surface area contributed by atoms with E-state index in [9.17, 15) is 0 Å². The molecule has 2 aliphatic rings. The van der Waals surface area contributed by atoms with E-state index >= 15 is 0 Å². The number of nitrogens with one attached hydrogen (secondary N) is 1. The van der Waals surface area contributed by atoms with Gasteiger partial charge in [-0.05, 0) is 48.5 Å². The van der Waals surface area contributed by atoms with Crippen LogP contribution in [-0.4, -0.2) is 11.8 Å². The second-order valence-corrected chi connectivity index (χ2v) is 7.83. The molecule has 1 fully saturated rings. The van der Waals surface area contributed by atoms with E-state index in [0.29, 0.717) is 6.04 Å². The maximum absolute atomic E-state index is 4.03. The normalized spacial score (nSPS) is 30.2. The van der Waals surface area contributed by atoms with E-state index in [-0.39, 0.29) is 0 Å². The largest absolute Gasteiger partial charge is 0.307 e. The maximum Gasteiger partial charge on any atom is 0.0341 e. The van der Waals surface area contributed by atoms with Crippen LogP contribution in [0, 0.1) is 11.8 Å².